The van der Waals surface area contributed by atoms with Gasteiger partial charge >= 0.3 is 0 Å². The molecule has 0 aliphatic rings. The summed E-state index contributed by atoms with van der Waals surface area (Å²) in [6.07, 6.45) is 13.7. The highest BCUT2D eigenvalue weighted by atomic mass is 32.1. The average molecular weight is 300 g/mol. The highest BCUT2D eigenvalue weighted by molar-refractivity contribution is 7.80. The molecule has 0 fully saturated rings. The predicted octanol–water partition coefficient (Wildman–Crippen LogP) is 5.15. The van der Waals surface area contributed by atoms with E-state index >= 15 is 0 Å². The van der Waals surface area contributed by atoms with E-state index in [-0.39, 0.29) is 0 Å². The second kappa shape index (κ2) is 15.2. The van der Waals surface area contributed by atoms with Crippen molar-refractivity contribution in [1.29, 1.82) is 0 Å². The molecule has 0 radical (unpaired) electrons. The molecule has 0 aliphatic carbocycles. The van der Waals surface area contributed by atoms with Gasteiger partial charge in [-0.05, 0) is 49.1 Å². The van der Waals surface area contributed by atoms with Gasteiger partial charge in [-0.3, -0.25) is 0 Å². The largest absolute Gasteiger partial charge is 0.458 e. The van der Waals surface area contributed by atoms with E-state index < -0.39 is 0 Å². The van der Waals surface area contributed by atoms with Crippen molar-refractivity contribution < 1.29 is 4.74 Å². The van der Waals surface area contributed by atoms with Crippen molar-refractivity contribution in [2.75, 3.05) is 0 Å². The lowest BCUT2D eigenvalue weighted by atomic mass is 10.1. The molecule has 1 rings (SSSR count). The second-order valence-electron chi connectivity index (χ2n) is 4.05. The summed E-state index contributed by atoms with van der Waals surface area (Å²) in [5, 5.41) is 6.02. The fourth-order valence-corrected chi connectivity index (χ4v) is 1.81. The Balaban J connectivity index is 0.000000532. The fourth-order valence-electron chi connectivity index (χ4n) is 1.28. The molecule has 0 aliphatic heterocycles. The number of hydrogen-bond acceptors (Lipinski definition) is 5. The Morgan fingerprint density at radius 3 is 2.63 bits per heavy atom. The van der Waals surface area contributed by atoms with Gasteiger partial charge in [-0.25, -0.2) is 0 Å². The third-order valence-electron chi connectivity index (χ3n) is 2.26. The first kappa shape index (κ1) is 18.2. The first-order valence-corrected chi connectivity index (χ1v) is 8.11. The average Bonchev–Trinajstić information content (AvgIpc) is 2.97. The van der Waals surface area contributed by atoms with Crippen LogP contribution in [0.4, 0.5) is 0 Å². The van der Waals surface area contributed by atoms with Gasteiger partial charge in [0.25, 0.3) is 0 Å². The van der Waals surface area contributed by atoms with Crippen LogP contribution < -0.4 is 0 Å². The molecule has 0 saturated carbocycles. The van der Waals surface area contributed by atoms with E-state index in [1.807, 2.05) is 5.38 Å². The minimum atomic E-state index is 0.706. The van der Waals surface area contributed by atoms with Crippen molar-refractivity contribution >= 4 is 28.8 Å². The standard InChI is InChI=1S/C12H22OS.C2H2N2S/c1-3-5-6-7-8-9-11-13-12(14)10-4-2;1-2-5-4-3-1/h9,11H,3-8,10H2,1-2H3;1-2H. The molecule has 0 amide bonds. The topological polar surface area (TPSA) is 35.0 Å². The number of allylic oxidation sites excluding steroid dienone is 1. The minimum Gasteiger partial charge on any atom is -0.458 e. The van der Waals surface area contributed by atoms with Crippen molar-refractivity contribution in [3.05, 3.63) is 23.9 Å². The van der Waals surface area contributed by atoms with Crippen LogP contribution in [0, 0.1) is 0 Å². The van der Waals surface area contributed by atoms with Crippen molar-refractivity contribution in [3.8, 4) is 0 Å². The van der Waals surface area contributed by atoms with Crippen molar-refractivity contribution in [1.82, 2.24) is 9.59 Å². The van der Waals surface area contributed by atoms with E-state index in [0.29, 0.717) is 5.05 Å². The van der Waals surface area contributed by atoms with E-state index in [0.717, 1.165) is 19.3 Å². The number of unbranched alkanes of at least 4 members (excludes halogenated alkanes) is 4. The molecule has 1 heterocycles. The lowest BCUT2D eigenvalue weighted by molar-refractivity contribution is 0.465. The summed E-state index contributed by atoms with van der Waals surface area (Å²) in [5.74, 6) is 0. The number of nitrogens with zero attached hydrogens (tertiary/aromatic N) is 2. The summed E-state index contributed by atoms with van der Waals surface area (Å²) >= 11 is 6.35. The van der Waals surface area contributed by atoms with Crippen LogP contribution in [0.25, 0.3) is 0 Å². The molecule has 1 aromatic rings. The zero-order valence-electron chi connectivity index (χ0n) is 11.9. The van der Waals surface area contributed by atoms with Gasteiger partial charge in [0.05, 0.1) is 12.5 Å². The molecule has 0 bridgehead atoms. The first-order chi connectivity index (χ1) is 9.31. The van der Waals surface area contributed by atoms with Gasteiger partial charge < -0.3 is 4.74 Å². The monoisotopic (exact) mass is 300 g/mol. The van der Waals surface area contributed by atoms with Crippen LogP contribution in [-0.2, 0) is 4.74 Å². The van der Waals surface area contributed by atoms with Gasteiger partial charge in [0.1, 0.15) is 0 Å². The van der Waals surface area contributed by atoms with Crippen LogP contribution in [0.2, 0.25) is 0 Å². The minimum absolute atomic E-state index is 0.706. The SMILES string of the molecule is CCCCCCC=COC(=S)CCC.c1csnn1. The summed E-state index contributed by atoms with van der Waals surface area (Å²) in [4.78, 5) is 0. The molecular formula is C14H24N2OS2. The van der Waals surface area contributed by atoms with Crippen molar-refractivity contribution in [2.24, 2.45) is 0 Å². The summed E-state index contributed by atoms with van der Waals surface area (Å²) in [6, 6.07) is 0. The van der Waals surface area contributed by atoms with Crippen LogP contribution in [0.15, 0.2) is 23.9 Å². The Bertz CT molecular complexity index is 296. The van der Waals surface area contributed by atoms with E-state index in [2.05, 4.69) is 29.5 Å². The maximum absolute atomic E-state index is 5.24. The van der Waals surface area contributed by atoms with Gasteiger partial charge in [-0.1, -0.05) is 37.6 Å². The van der Waals surface area contributed by atoms with Gasteiger partial charge in [-0.15, -0.1) is 5.10 Å². The Kier molecular flexibility index (Phi) is 14.6. The smallest absolute Gasteiger partial charge is 0.166 e. The Hall–Kier alpha value is -0.810. The number of ether oxygens (including phenoxy) is 1. The maximum Gasteiger partial charge on any atom is 0.166 e. The van der Waals surface area contributed by atoms with Crippen LogP contribution in [0.1, 0.15) is 58.8 Å². The lowest BCUT2D eigenvalue weighted by Crippen LogP contribution is -1.94. The van der Waals surface area contributed by atoms with Crippen LogP contribution in [0.3, 0.4) is 0 Å². The Morgan fingerprint density at radius 2 is 2.11 bits per heavy atom. The van der Waals surface area contributed by atoms with Crippen molar-refractivity contribution in [3.63, 3.8) is 0 Å². The lowest BCUT2D eigenvalue weighted by Gasteiger charge is -1.99. The molecule has 1 aromatic heterocycles. The normalized spacial score (nSPS) is 10.0. The molecule has 0 atom stereocenters. The summed E-state index contributed by atoms with van der Waals surface area (Å²) in [5.41, 5.74) is 0. The van der Waals surface area contributed by atoms with Gasteiger partial charge in [0.15, 0.2) is 5.05 Å². The fraction of sp³-hybridized carbons (Fsp3) is 0.643. The molecule has 19 heavy (non-hydrogen) atoms. The summed E-state index contributed by atoms with van der Waals surface area (Å²) < 4.78 is 8.75. The van der Waals surface area contributed by atoms with Crippen LogP contribution in [0.5, 0.6) is 0 Å². The number of thiocarbonyl (C=S) groups is 1. The Morgan fingerprint density at radius 1 is 1.26 bits per heavy atom. The number of aromatic nitrogens is 2. The third kappa shape index (κ3) is 15.1. The molecule has 0 spiro atoms. The van der Waals surface area contributed by atoms with Crippen molar-refractivity contribution in [2.45, 2.75) is 58.8 Å². The zero-order valence-corrected chi connectivity index (χ0v) is 13.5. The highest BCUT2D eigenvalue weighted by Crippen LogP contribution is 2.03. The van der Waals surface area contributed by atoms with Gasteiger partial charge in [0, 0.05) is 11.8 Å². The zero-order chi connectivity index (χ0) is 14.2. The number of rotatable bonds is 8. The quantitative estimate of drug-likeness (QED) is 0.378. The van der Waals surface area contributed by atoms with Crippen LogP contribution in [-0.4, -0.2) is 14.6 Å². The molecule has 5 heteroatoms. The van der Waals surface area contributed by atoms with E-state index in [4.69, 9.17) is 17.0 Å². The van der Waals surface area contributed by atoms with E-state index in [9.17, 15) is 0 Å². The summed E-state index contributed by atoms with van der Waals surface area (Å²) in [7, 11) is 0. The number of hydrogen-bond donors (Lipinski definition) is 0. The molecule has 0 unspecified atom stereocenters. The second-order valence-corrected chi connectivity index (χ2v) is 5.15. The first-order valence-electron chi connectivity index (χ1n) is 6.86. The van der Waals surface area contributed by atoms with Crippen LogP contribution >= 0.6 is 23.8 Å². The molecule has 3 nitrogen and oxygen atoms in total. The van der Waals surface area contributed by atoms with E-state index in [1.54, 1.807) is 12.5 Å². The molecular weight excluding hydrogens is 276 g/mol. The molecule has 0 saturated heterocycles. The molecule has 108 valence electrons. The predicted molar refractivity (Wildman–Crippen MR) is 86.4 cm³/mol. The van der Waals surface area contributed by atoms with Gasteiger partial charge in [-0.2, -0.15) is 0 Å². The Labute approximate surface area is 126 Å². The molecule has 0 aromatic carbocycles. The van der Waals surface area contributed by atoms with E-state index in [1.165, 1.54) is 37.2 Å². The third-order valence-corrected chi connectivity index (χ3v) is 2.99. The molecule has 0 N–H and O–H groups in total. The summed E-state index contributed by atoms with van der Waals surface area (Å²) in [6.45, 7) is 4.33. The van der Waals surface area contributed by atoms with Gasteiger partial charge in [0.2, 0.25) is 0 Å². The maximum atomic E-state index is 5.24. The highest BCUT2D eigenvalue weighted by Gasteiger charge is 1.91.